The zero-order valence-corrected chi connectivity index (χ0v) is 21.8. The molecule has 0 amide bonds. The second-order valence-corrected chi connectivity index (χ2v) is 10.6. The number of benzene rings is 1. The van der Waals surface area contributed by atoms with Crippen LogP contribution in [-0.4, -0.2) is 72.5 Å². The predicted octanol–water partition coefficient (Wildman–Crippen LogP) is 4.23. The number of ether oxygens (including phenoxy) is 2. The molecule has 3 aromatic heterocycles. The Labute approximate surface area is 224 Å². The van der Waals surface area contributed by atoms with Gasteiger partial charge in [0.2, 0.25) is 5.88 Å². The van der Waals surface area contributed by atoms with Crippen molar-refractivity contribution >= 4 is 34.4 Å². The molecule has 9 nitrogen and oxygen atoms in total. The zero-order valence-electron chi connectivity index (χ0n) is 20.3. The van der Waals surface area contributed by atoms with E-state index in [9.17, 15) is 5.11 Å². The van der Waals surface area contributed by atoms with E-state index in [0.29, 0.717) is 64.9 Å². The molecule has 2 fully saturated rings. The number of hydrogen-bond acceptors (Lipinski definition) is 8. The van der Waals surface area contributed by atoms with Crippen molar-refractivity contribution in [3.63, 3.8) is 0 Å². The number of halogens is 2. The van der Waals surface area contributed by atoms with Gasteiger partial charge >= 0.3 is 0 Å². The fourth-order valence-corrected chi connectivity index (χ4v) is 4.78. The first-order chi connectivity index (χ1) is 17.9. The molecule has 1 N–H and O–H groups in total. The first kappa shape index (κ1) is 24.4. The highest BCUT2D eigenvalue weighted by molar-refractivity contribution is 6.33. The van der Waals surface area contributed by atoms with Crippen LogP contribution in [-0.2, 0) is 6.54 Å². The number of aliphatic hydroxyl groups excluding tert-OH is 1. The van der Waals surface area contributed by atoms with Crippen LogP contribution < -0.4 is 9.47 Å². The van der Waals surface area contributed by atoms with Gasteiger partial charge in [0.25, 0.3) is 0 Å². The molecule has 0 unspecified atom stereocenters. The highest BCUT2D eigenvalue weighted by atomic mass is 35.5. The van der Waals surface area contributed by atoms with Gasteiger partial charge < -0.3 is 19.1 Å². The third kappa shape index (κ3) is 5.22. The Hall–Kier alpha value is -2.98. The van der Waals surface area contributed by atoms with Crippen LogP contribution in [0.4, 0.5) is 0 Å². The molecular weight excluding hydrogens is 515 g/mol. The Balaban J connectivity index is 1.34. The predicted molar refractivity (Wildman–Crippen MR) is 140 cm³/mol. The van der Waals surface area contributed by atoms with Crippen molar-refractivity contribution in [1.29, 1.82) is 0 Å². The van der Waals surface area contributed by atoms with Crippen molar-refractivity contribution < 1.29 is 14.6 Å². The van der Waals surface area contributed by atoms with E-state index >= 15 is 0 Å². The Morgan fingerprint density at radius 2 is 1.95 bits per heavy atom. The SMILES string of the molecule is CC1(Oc2ncnc3c2nc(-c2ccc(OCCN4CC(O)C4)cc2Cl)n3Cc2cc(Cl)ccn2)CC1. The lowest BCUT2D eigenvalue weighted by Gasteiger charge is -2.35. The summed E-state index contributed by atoms with van der Waals surface area (Å²) in [4.78, 5) is 20.4. The molecule has 1 saturated carbocycles. The lowest BCUT2D eigenvalue weighted by atomic mass is 10.2. The van der Waals surface area contributed by atoms with Crippen molar-refractivity contribution in [2.45, 2.75) is 38.0 Å². The van der Waals surface area contributed by atoms with Crippen molar-refractivity contribution in [3.8, 4) is 23.0 Å². The van der Waals surface area contributed by atoms with Crippen LogP contribution in [0.3, 0.4) is 0 Å². The van der Waals surface area contributed by atoms with Gasteiger partial charge in [0, 0.05) is 36.4 Å². The largest absolute Gasteiger partial charge is 0.492 e. The molecular formula is C26H26Cl2N6O3. The molecule has 11 heteroatoms. The van der Waals surface area contributed by atoms with Crippen molar-refractivity contribution in [3.05, 3.63) is 58.6 Å². The number of β-amino-alcohol motifs (C(OH)–C–C–N with tert-alkyl or cyclic N) is 1. The molecule has 0 radical (unpaired) electrons. The Morgan fingerprint density at radius 3 is 2.68 bits per heavy atom. The standard InChI is InChI=1S/C26H26Cl2N6O3/c1-26(5-6-26)37-25-22-24(30-15-31-25)34(12-17-10-16(27)4-7-29-17)23(32-22)20-3-2-19(11-21(20)28)36-9-8-33-13-18(35)14-33/h2-4,7,10-11,15,18,35H,5-6,8-9,12-14H2,1H3. The highest BCUT2D eigenvalue weighted by Gasteiger charge is 2.41. The molecule has 192 valence electrons. The number of fused-ring (bicyclic) bond motifs is 1. The van der Waals surface area contributed by atoms with E-state index in [2.05, 4.69) is 26.8 Å². The second-order valence-electron chi connectivity index (χ2n) is 9.79. The summed E-state index contributed by atoms with van der Waals surface area (Å²) in [6.45, 7) is 5.09. The summed E-state index contributed by atoms with van der Waals surface area (Å²) in [5, 5.41) is 10.5. The van der Waals surface area contributed by atoms with Gasteiger partial charge in [-0.15, -0.1) is 0 Å². The molecule has 0 atom stereocenters. The normalized spacial score (nSPS) is 17.1. The van der Waals surface area contributed by atoms with Gasteiger partial charge in [-0.3, -0.25) is 9.88 Å². The fraction of sp³-hybridized carbons (Fsp3) is 0.385. The summed E-state index contributed by atoms with van der Waals surface area (Å²) in [6.07, 6.45) is 4.90. The summed E-state index contributed by atoms with van der Waals surface area (Å²) < 4.78 is 14.0. The van der Waals surface area contributed by atoms with E-state index in [4.69, 9.17) is 37.7 Å². The zero-order chi connectivity index (χ0) is 25.6. The molecule has 2 aliphatic rings. The molecule has 4 aromatic rings. The van der Waals surface area contributed by atoms with E-state index in [0.717, 1.165) is 30.6 Å². The van der Waals surface area contributed by atoms with E-state index in [-0.39, 0.29) is 11.7 Å². The van der Waals surface area contributed by atoms with E-state index < -0.39 is 0 Å². The van der Waals surface area contributed by atoms with Gasteiger partial charge in [0.1, 0.15) is 30.1 Å². The maximum absolute atomic E-state index is 9.43. The van der Waals surface area contributed by atoms with Crippen LogP contribution in [0.1, 0.15) is 25.5 Å². The molecule has 0 bridgehead atoms. The van der Waals surface area contributed by atoms with Gasteiger partial charge in [0.05, 0.1) is 23.4 Å². The minimum absolute atomic E-state index is 0.218. The third-order valence-corrected chi connectivity index (χ3v) is 7.24. The molecule has 1 aliphatic carbocycles. The number of nitrogens with zero attached hydrogens (tertiary/aromatic N) is 6. The van der Waals surface area contributed by atoms with Crippen molar-refractivity contribution in [2.75, 3.05) is 26.2 Å². The van der Waals surface area contributed by atoms with Crippen molar-refractivity contribution in [2.24, 2.45) is 0 Å². The quantitative estimate of drug-likeness (QED) is 0.336. The number of aromatic nitrogens is 5. The molecule has 1 aromatic carbocycles. The van der Waals surface area contributed by atoms with Crippen LogP contribution in [0.25, 0.3) is 22.6 Å². The number of aliphatic hydroxyl groups is 1. The minimum Gasteiger partial charge on any atom is -0.492 e. The summed E-state index contributed by atoms with van der Waals surface area (Å²) in [7, 11) is 0. The highest BCUT2D eigenvalue weighted by Crippen LogP contribution is 2.41. The molecule has 0 spiro atoms. The number of rotatable bonds is 9. The molecule has 37 heavy (non-hydrogen) atoms. The molecule has 4 heterocycles. The van der Waals surface area contributed by atoms with Gasteiger partial charge in [0.15, 0.2) is 11.2 Å². The number of imidazole rings is 1. The summed E-state index contributed by atoms with van der Waals surface area (Å²) in [6, 6.07) is 9.11. The second kappa shape index (κ2) is 9.72. The van der Waals surface area contributed by atoms with E-state index in [1.165, 1.54) is 6.33 Å². The average molecular weight is 541 g/mol. The molecule has 1 saturated heterocycles. The van der Waals surface area contributed by atoms with E-state index in [1.54, 1.807) is 18.3 Å². The van der Waals surface area contributed by atoms with Crippen LogP contribution in [0.2, 0.25) is 10.0 Å². The fourth-order valence-electron chi connectivity index (χ4n) is 4.34. The first-order valence-corrected chi connectivity index (χ1v) is 13.0. The average Bonchev–Trinajstić information content (AvgIpc) is 3.46. The Bertz CT molecular complexity index is 1450. The summed E-state index contributed by atoms with van der Waals surface area (Å²) in [5.41, 5.74) is 2.46. The Morgan fingerprint density at radius 1 is 1.11 bits per heavy atom. The van der Waals surface area contributed by atoms with Gasteiger partial charge in [-0.05, 0) is 50.1 Å². The summed E-state index contributed by atoms with van der Waals surface area (Å²) in [5.74, 6) is 1.74. The van der Waals surface area contributed by atoms with Crippen molar-refractivity contribution in [1.82, 2.24) is 29.4 Å². The monoisotopic (exact) mass is 540 g/mol. The van der Waals surface area contributed by atoms with Gasteiger partial charge in [-0.1, -0.05) is 23.2 Å². The van der Waals surface area contributed by atoms with Crippen LogP contribution in [0.5, 0.6) is 11.6 Å². The molecule has 1 aliphatic heterocycles. The minimum atomic E-state index is -0.224. The van der Waals surface area contributed by atoms with E-state index in [1.807, 2.05) is 22.8 Å². The first-order valence-electron chi connectivity index (χ1n) is 12.2. The Kier molecular flexibility index (Phi) is 6.40. The number of hydrogen-bond donors (Lipinski definition) is 1. The number of likely N-dealkylation sites (tertiary alicyclic amines) is 1. The smallest absolute Gasteiger partial charge is 0.245 e. The molecule has 6 rings (SSSR count). The summed E-state index contributed by atoms with van der Waals surface area (Å²) >= 11 is 13.0. The van der Waals surface area contributed by atoms with Crippen LogP contribution in [0, 0.1) is 0 Å². The lowest BCUT2D eigenvalue weighted by Crippen LogP contribution is -2.51. The van der Waals surface area contributed by atoms with Crippen LogP contribution >= 0.6 is 23.2 Å². The lowest BCUT2D eigenvalue weighted by molar-refractivity contribution is -0.00387. The van der Waals surface area contributed by atoms with Gasteiger partial charge in [-0.25, -0.2) is 9.97 Å². The maximum Gasteiger partial charge on any atom is 0.245 e. The van der Waals surface area contributed by atoms with Crippen LogP contribution in [0.15, 0.2) is 42.9 Å². The third-order valence-electron chi connectivity index (χ3n) is 6.69. The topological polar surface area (TPSA) is 98.4 Å². The number of pyridine rings is 1. The van der Waals surface area contributed by atoms with Gasteiger partial charge in [-0.2, -0.15) is 4.98 Å². The maximum atomic E-state index is 9.43.